The molecule has 0 spiro atoms. The fraction of sp³-hybridized carbons (Fsp3) is 0.286. The van der Waals surface area contributed by atoms with Crippen LogP contribution in [0, 0.1) is 20.8 Å². The number of rotatable bonds is 3. The van der Waals surface area contributed by atoms with Gasteiger partial charge in [-0.25, -0.2) is 0 Å². The summed E-state index contributed by atoms with van der Waals surface area (Å²) in [7, 11) is 0. The smallest absolute Gasteiger partial charge is 0.251 e. The number of nitrogens with zero attached hydrogens (tertiary/aromatic N) is 1. The summed E-state index contributed by atoms with van der Waals surface area (Å²) >= 11 is 6.01. The SMILES string of the molecule is Cc1n[nH]c(C)c1CNC(=O)c1cccc(Cl)c1C. The van der Waals surface area contributed by atoms with Crippen LogP contribution in [-0.2, 0) is 6.54 Å². The van der Waals surface area contributed by atoms with Gasteiger partial charge < -0.3 is 5.32 Å². The Labute approximate surface area is 117 Å². The molecule has 100 valence electrons. The van der Waals surface area contributed by atoms with Crippen LogP contribution in [0.3, 0.4) is 0 Å². The molecule has 1 aromatic carbocycles. The molecule has 2 aromatic rings. The van der Waals surface area contributed by atoms with Crippen molar-refractivity contribution >= 4 is 17.5 Å². The number of H-pyrrole nitrogens is 1. The molecule has 0 aliphatic carbocycles. The molecule has 0 radical (unpaired) electrons. The zero-order valence-corrected chi connectivity index (χ0v) is 11.9. The lowest BCUT2D eigenvalue weighted by Crippen LogP contribution is -2.24. The van der Waals surface area contributed by atoms with Crippen molar-refractivity contribution in [2.24, 2.45) is 0 Å². The second kappa shape index (κ2) is 5.45. The quantitative estimate of drug-likeness (QED) is 0.906. The van der Waals surface area contributed by atoms with Gasteiger partial charge in [0.15, 0.2) is 0 Å². The summed E-state index contributed by atoms with van der Waals surface area (Å²) in [5, 5.41) is 10.5. The molecule has 0 fully saturated rings. The van der Waals surface area contributed by atoms with Crippen LogP contribution in [0.5, 0.6) is 0 Å². The topological polar surface area (TPSA) is 57.8 Å². The molecule has 0 bridgehead atoms. The van der Waals surface area contributed by atoms with Gasteiger partial charge in [0.1, 0.15) is 0 Å². The van der Waals surface area contributed by atoms with E-state index in [1.165, 1.54) is 0 Å². The zero-order chi connectivity index (χ0) is 14.0. The first kappa shape index (κ1) is 13.6. The first-order chi connectivity index (χ1) is 9.00. The van der Waals surface area contributed by atoms with E-state index in [0.29, 0.717) is 17.1 Å². The van der Waals surface area contributed by atoms with E-state index in [2.05, 4.69) is 15.5 Å². The van der Waals surface area contributed by atoms with E-state index in [1.807, 2.05) is 20.8 Å². The lowest BCUT2D eigenvalue weighted by molar-refractivity contribution is 0.0950. The first-order valence-electron chi connectivity index (χ1n) is 6.04. The van der Waals surface area contributed by atoms with Gasteiger partial charge in [-0.05, 0) is 38.5 Å². The molecule has 0 saturated heterocycles. The number of aromatic amines is 1. The maximum absolute atomic E-state index is 12.1. The van der Waals surface area contributed by atoms with E-state index in [0.717, 1.165) is 22.5 Å². The second-order valence-corrected chi connectivity index (χ2v) is 4.91. The Kier molecular flexibility index (Phi) is 3.90. The lowest BCUT2D eigenvalue weighted by Gasteiger charge is -2.09. The highest BCUT2D eigenvalue weighted by Gasteiger charge is 2.12. The van der Waals surface area contributed by atoms with Gasteiger partial charge in [-0.3, -0.25) is 9.89 Å². The number of amides is 1. The minimum Gasteiger partial charge on any atom is -0.348 e. The molecule has 0 unspecified atom stereocenters. The second-order valence-electron chi connectivity index (χ2n) is 4.51. The third-order valence-corrected chi connectivity index (χ3v) is 3.63. The lowest BCUT2D eigenvalue weighted by atomic mass is 10.1. The minimum atomic E-state index is -0.125. The number of aromatic nitrogens is 2. The number of aryl methyl sites for hydroxylation is 2. The Bertz CT molecular complexity index is 600. The molecule has 0 atom stereocenters. The minimum absolute atomic E-state index is 0.125. The zero-order valence-electron chi connectivity index (χ0n) is 11.2. The average molecular weight is 278 g/mol. The molecule has 2 N–H and O–H groups in total. The van der Waals surface area contributed by atoms with E-state index < -0.39 is 0 Å². The largest absolute Gasteiger partial charge is 0.348 e. The molecule has 4 nitrogen and oxygen atoms in total. The van der Waals surface area contributed by atoms with Gasteiger partial charge in [0, 0.05) is 28.4 Å². The molecule has 5 heteroatoms. The number of carbonyl (C=O) groups is 1. The van der Waals surface area contributed by atoms with E-state index in [9.17, 15) is 4.79 Å². The first-order valence-corrected chi connectivity index (χ1v) is 6.42. The van der Waals surface area contributed by atoms with E-state index >= 15 is 0 Å². The fourth-order valence-electron chi connectivity index (χ4n) is 1.95. The summed E-state index contributed by atoms with van der Waals surface area (Å²) in [5.41, 5.74) is 4.29. The van der Waals surface area contributed by atoms with Crippen molar-refractivity contribution in [3.63, 3.8) is 0 Å². The molecule has 1 amide bonds. The average Bonchev–Trinajstić information content (AvgIpc) is 2.70. The number of halogens is 1. The predicted molar refractivity (Wildman–Crippen MR) is 75.4 cm³/mol. The molecule has 0 aliphatic heterocycles. The molecule has 0 aliphatic rings. The van der Waals surface area contributed by atoms with Gasteiger partial charge in [0.05, 0.1) is 5.69 Å². The normalized spacial score (nSPS) is 10.5. The van der Waals surface area contributed by atoms with E-state index in [4.69, 9.17) is 11.6 Å². The van der Waals surface area contributed by atoms with Crippen molar-refractivity contribution < 1.29 is 4.79 Å². The fourth-order valence-corrected chi connectivity index (χ4v) is 2.13. The molecule has 1 heterocycles. The van der Waals surface area contributed by atoms with Crippen molar-refractivity contribution in [2.75, 3.05) is 0 Å². The van der Waals surface area contributed by atoms with Crippen LogP contribution in [0.4, 0.5) is 0 Å². The van der Waals surface area contributed by atoms with Crippen LogP contribution in [0.25, 0.3) is 0 Å². The van der Waals surface area contributed by atoms with Crippen molar-refractivity contribution in [3.05, 3.63) is 51.3 Å². The Balaban J connectivity index is 2.12. The predicted octanol–water partition coefficient (Wildman–Crippen LogP) is 2.92. The number of hydrogen-bond acceptors (Lipinski definition) is 2. The Morgan fingerprint density at radius 2 is 2.11 bits per heavy atom. The summed E-state index contributed by atoms with van der Waals surface area (Å²) in [4.78, 5) is 12.1. The van der Waals surface area contributed by atoms with Gasteiger partial charge in [-0.2, -0.15) is 5.10 Å². The van der Waals surface area contributed by atoms with Crippen molar-refractivity contribution in [2.45, 2.75) is 27.3 Å². The van der Waals surface area contributed by atoms with Gasteiger partial charge >= 0.3 is 0 Å². The Hall–Kier alpha value is -1.81. The van der Waals surface area contributed by atoms with Crippen LogP contribution in [0.1, 0.15) is 32.9 Å². The highest BCUT2D eigenvalue weighted by Crippen LogP contribution is 2.18. The van der Waals surface area contributed by atoms with Gasteiger partial charge in [0.2, 0.25) is 0 Å². The molecule has 2 rings (SSSR count). The van der Waals surface area contributed by atoms with E-state index in [-0.39, 0.29) is 5.91 Å². The van der Waals surface area contributed by atoms with Crippen LogP contribution >= 0.6 is 11.6 Å². The molecular weight excluding hydrogens is 262 g/mol. The molecule has 0 saturated carbocycles. The van der Waals surface area contributed by atoms with Crippen LogP contribution < -0.4 is 5.32 Å². The van der Waals surface area contributed by atoms with Crippen molar-refractivity contribution in [1.29, 1.82) is 0 Å². The summed E-state index contributed by atoms with van der Waals surface area (Å²) in [6.07, 6.45) is 0. The summed E-state index contributed by atoms with van der Waals surface area (Å²) in [5.74, 6) is -0.125. The maximum Gasteiger partial charge on any atom is 0.251 e. The van der Waals surface area contributed by atoms with Gasteiger partial charge in [0.25, 0.3) is 5.91 Å². The number of hydrogen-bond donors (Lipinski definition) is 2. The number of nitrogens with one attached hydrogen (secondary N) is 2. The number of carbonyl (C=O) groups excluding carboxylic acids is 1. The highest BCUT2D eigenvalue weighted by atomic mass is 35.5. The van der Waals surface area contributed by atoms with Crippen LogP contribution in [0.15, 0.2) is 18.2 Å². The van der Waals surface area contributed by atoms with Crippen LogP contribution in [-0.4, -0.2) is 16.1 Å². The summed E-state index contributed by atoms with van der Waals surface area (Å²) in [6, 6.07) is 5.32. The molecular formula is C14H16ClN3O. The highest BCUT2D eigenvalue weighted by molar-refractivity contribution is 6.31. The third-order valence-electron chi connectivity index (χ3n) is 3.22. The standard InChI is InChI=1S/C14H16ClN3O/c1-8-11(5-4-6-13(8)15)14(19)16-7-12-9(2)17-18-10(12)3/h4-6H,7H2,1-3H3,(H,16,19)(H,17,18). The third kappa shape index (κ3) is 2.79. The number of benzene rings is 1. The summed E-state index contributed by atoms with van der Waals surface area (Å²) in [6.45, 7) is 6.15. The summed E-state index contributed by atoms with van der Waals surface area (Å²) < 4.78 is 0. The monoisotopic (exact) mass is 277 g/mol. The Morgan fingerprint density at radius 3 is 2.74 bits per heavy atom. The molecule has 1 aromatic heterocycles. The van der Waals surface area contributed by atoms with E-state index in [1.54, 1.807) is 18.2 Å². The van der Waals surface area contributed by atoms with Gasteiger partial charge in [-0.15, -0.1) is 0 Å². The van der Waals surface area contributed by atoms with Gasteiger partial charge in [-0.1, -0.05) is 17.7 Å². The van der Waals surface area contributed by atoms with Crippen molar-refractivity contribution in [3.8, 4) is 0 Å². The maximum atomic E-state index is 12.1. The van der Waals surface area contributed by atoms with Crippen LogP contribution in [0.2, 0.25) is 5.02 Å². The molecule has 19 heavy (non-hydrogen) atoms. The Morgan fingerprint density at radius 1 is 1.37 bits per heavy atom. The van der Waals surface area contributed by atoms with Crippen molar-refractivity contribution in [1.82, 2.24) is 15.5 Å².